The zero-order valence-electron chi connectivity index (χ0n) is 8.35. The summed E-state index contributed by atoms with van der Waals surface area (Å²) in [6.45, 7) is 3.05. The third-order valence-electron chi connectivity index (χ3n) is 1.61. The summed E-state index contributed by atoms with van der Waals surface area (Å²) in [5, 5.41) is 0. The van der Waals surface area contributed by atoms with Gasteiger partial charge in [0.25, 0.3) is 0 Å². The first-order valence-corrected chi connectivity index (χ1v) is 5.73. The largest absolute Gasteiger partial charge is 0.584 e. The summed E-state index contributed by atoms with van der Waals surface area (Å²) in [5.41, 5.74) is -0.887. The van der Waals surface area contributed by atoms with Crippen molar-refractivity contribution in [2.75, 3.05) is 0 Å². The minimum Gasteiger partial charge on any atom is -0.404 e. The molecule has 4 nitrogen and oxygen atoms in total. The zero-order chi connectivity index (χ0) is 13.1. The van der Waals surface area contributed by atoms with Crippen LogP contribution in [-0.4, -0.2) is 4.89 Å². The van der Waals surface area contributed by atoms with E-state index in [9.17, 15) is 17.7 Å². The highest BCUT2D eigenvalue weighted by Gasteiger charge is 2.30. The molecule has 0 amide bonds. The van der Waals surface area contributed by atoms with E-state index in [1.807, 2.05) is 0 Å². The maximum absolute atomic E-state index is 12.2. The second kappa shape index (κ2) is 4.81. The summed E-state index contributed by atoms with van der Waals surface area (Å²) in [7, 11) is -4.37. The van der Waals surface area contributed by atoms with Crippen LogP contribution in [0.2, 0.25) is 0 Å². The molecule has 17 heavy (non-hydrogen) atoms. The maximum Gasteiger partial charge on any atom is 0.584 e. The summed E-state index contributed by atoms with van der Waals surface area (Å²) in [6, 6.07) is 3.28. The summed E-state index contributed by atoms with van der Waals surface area (Å²) >= 11 is 0. The quantitative estimate of drug-likeness (QED) is 0.672. The predicted molar refractivity (Wildman–Crippen MR) is 53.2 cm³/mol. The highest BCUT2D eigenvalue weighted by Crippen LogP contribution is 2.44. The normalized spacial score (nSPS) is 14.8. The Balaban J connectivity index is 2.82. The number of alkyl halides is 3. The average molecular weight is 268 g/mol. The van der Waals surface area contributed by atoms with Gasteiger partial charge in [-0.3, -0.25) is 4.89 Å². The van der Waals surface area contributed by atoms with Crippen molar-refractivity contribution < 1.29 is 31.7 Å². The van der Waals surface area contributed by atoms with Crippen molar-refractivity contribution in [3.63, 3.8) is 0 Å². The molecular weight excluding hydrogens is 260 g/mol. The van der Waals surface area contributed by atoms with E-state index in [2.05, 4.69) is 15.6 Å². The van der Waals surface area contributed by atoms with Crippen LogP contribution in [0.25, 0.3) is 0 Å². The van der Waals surface area contributed by atoms with E-state index < -0.39 is 19.6 Å². The van der Waals surface area contributed by atoms with Gasteiger partial charge >= 0.3 is 14.0 Å². The van der Waals surface area contributed by atoms with Crippen LogP contribution in [0.1, 0.15) is 5.56 Å². The topological polar surface area (TPSA) is 55.8 Å². The lowest BCUT2D eigenvalue weighted by Gasteiger charge is -2.11. The third kappa shape index (κ3) is 4.13. The second-order valence-corrected chi connectivity index (χ2v) is 4.18. The predicted octanol–water partition coefficient (Wildman–Crippen LogP) is 3.34. The molecular formula is C9H8F3O4P. The Bertz CT molecular complexity index is 441. The van der Waals surface area contributed by atoms with Gasteiger partial charge in [0.2, 0.25) is 0 Å². The van der Waals surface area contributed by atoms with Crippen molar-refractivity contribution in [2.24, 2.45) is 0 Å². The molecule has 0 bridgehead atoms. The lowest BCUT2D eigenvalue weighted by molar-refractivity contribution is -0.137. The van der Waals surface area contributed by atoms with Gasteiger partial charge in [-0.15, -0.1) is 0 Å². The lowest BCUT2D eigenvalue weighted by Crippen LogP contribution is -2.04. The van der Waals surface area contributed by atoms with E-state index in [-0.39, 0.29) is 5.75 Å². The fourth-order valence-corrected chi connectivity index (χ4v) is 1.57. The van der Waals surface area contributed by atoms with Gasteiger partial charge < -0.3 is 9.05 Å². The number of hydrogen-bond acceptors (Lipinski definition) is 3. The first-order chi connectivity index (χ1) is 7.74. The number of halogens is 3. The number of phosphoric acid groups is 1. The molecule has 0 aliphatic heterocycles. The van der Waals surface area contributed by atoms with Gasteiger partial charge in [-0.2, -0.15) is 13.2 Å². The SMILES string of the molecule is C=COP(=O)(O)Oc1ccc(C(F)(F)F)cc1. The molecule has 0 saturated carbocycles. The Morgan fingerprint density at radius 1 is 1.29 bits per heavy atom. The van der Waals surface area contributed by atoms with Gasteiger partial charge in [-0.25, -0.2) is 4.57 Å². The van der Waals surface area contributed by atoms with Gasteiger partial charge in [0, 0.05) is 0 Å². The Morgan fingerprint density at radius 2 is 1.82 bits per heavy atom. The van der Waals surface area contributed by atoms with Crippen LogP contribution in [0.3, 0.4) is 0 Å². The van der Waals surface area contributed by atoms with Crippen LogP contribution >= 0.6 is 7.82 Å². The van der Waals surface area contributed by atoms with Crippen molar-refractivity contribution in [2.45, 2.75) is 6.18 Å². The van der Waals surface area contributed by atoms with Crippen LogP contribution in [0, 0.1) is 0 Å². The fourth-order valence-electron chi connectivity index (χ4n) is 0.954. The van der Waals surface area contributed by atoms with Gasteiger partial charge in [0.15, 0.2) is 0 Å². The van der Waals surface area contributed by atoms with E-state index in [4.69, 9.17) is 4.89 Å². The Kier molecular flexibility index (Phi) is 3.85. The van der Waals surface area contributed by atoms with Crippen molar-refractivity contribution in [1.29, 1.82) is 0 Å². The number of hydrogen-bond donors (Lipinski definition) is 1. The first-order valence-electron chi connectivity index (χ1n) is 4.23. The number of benzene rings is 1. The summed E-state index contributed by atoms with van der Waals surface area (Å²) in [4.78, 5) is 9.01. The van der Waals surface area contributed by atoms with Crippen molar-refractivity contribution >= 4 is 7.82 Å². The van der Waals surface area contributed by atoms with Gasteiger partial charge in [0.1, 0.15) is 5.75 Å². The molecule has 0 aliphatic carbocycles. The van der Waals surface area contributed by atoms with Crippen molar-refractivity contribution in [3.8, 4) is 5.75 Å². The third-order valence-corrected chi connectivity index (χ3v) is 2.47. The van der Waals surface area contributed by atoms with Gasteiger partial charge in [0.05, 0.1) is 11.8 Å². The van der Waals surface area contributed by atoms with E-state index in [1.54, 1.807) is 0 Å². The maximum atomic E-state index is 12.2. The molecule has 0 heterocycles. The molecule has 1 unspecified atom stereocenters. The van der Waals surface area contributed by atoms with Crippen LogP contribution in [0.4, 0.5) is 13.2 Å². The van der Waals surface area contributed by atoms with Crippen molar-refractivity contribution in [1.82, 2.24) is 0 Å². The monoisotopic (exact) mass is 268 g/mol. The molecule has 1 atom stereocenters. The van der Waals surface area contributed by atoms with Gasteiger partial charge in [-0.05, 0) is 24.3 Å². The molecule has 1 rings (SSSR count). The molecule has 0 saturated heterocycles. The second-order valence-electron chi connectivity index (χ2n) is 2.85. The van der Waals surface area contributed by atoms with E-state index in [1.165, 1.54) is 0 Å². The minimum atomic E-state index is -4.47. The average Bonchev–Trinajstić information content (AvgIpc) is 2.16. The first kappa shape index (κ1) is 13.6. The Morgan fingerprint density at radius 3 is 2.24 bits per heavy atom. The van der Waals surface area contributed by atoms with Crippen molar-refractivity contribution in [3.05, 3.63) is 42.7 Å². The van der Waals surface area contributed by atoms with Crippen LogP contribution in [0.5, 0.6) is 5.75 Å². The fraction of sp³-hybridized carbons (Fsp3) is 0.111. The molecule has 0 spiro atoms. The lowest BCUT2D eigenvalue weighted by atomic mass is 10.2. The molecule has 94 valence electrons. The Hall–Kier alpha value is -1.46. The van der Waals surface area contributed by atoms with Gasteiger partial charge in [-0.1, -0.05) is 6.58 Å². The molecule has 1 aromatic rings. The smallest absolute Gasteiger partial charge is 0.404 e. The van der Waals surface area contributed by atoms with Crippen LogP contribution < -0.4 is 4.52 Å². The number of phosphoric ester groups is 1. The highest BCUT2D eigenvalue weighted by atomic mass is 31.2. The van der Waals surface area contributed by atoms with Crippen LogP contribution in [0.15, 0.2) is 37.1 Å². The molecule has 1 N–H and O–H groups in total. The van der Waals surface area contributed by atoms with E-state index >= 15 is 0 Å². The summed E-state index contributed by atoms with van der Waals surface area (Å²) in [6.07, 6.45) is -3.77. The molecule has 0 fully saturated rings. The standard InChI is InChI=1S/C9H8F3O4P/c1-2-15-17(13,14)16-8-5-3-7(4-6-8)9(10,11)12/h2-6H,1H2,(H,13,14). The molecule has 0 aromatic heterocycles. The van der Waals surface area contributed by atoms with Crippen LogP contribution in [-0.2, 0) is 15.3 Å². The van der Waals surface area contributed by atoms with E-state index in [0.717, 1.165) is 24.3 Å². The summed E-state index contributed by atoms with van der Waals surface area (Å²) < 4.78 is 56.3. The zero-order valence-corrected chi connectivity index (χ0v) is 9.24. The molecule has 0 radical (unpaired) electrons. The minimum absolute atomic E-state index is 0.217. The molecule has 8 heteroatoms. The highest BCUT2D eigenvalue weighted by molar-refractivity contribution is 7.47. The Labute approximate surface area is 94.9 Å². The molecule has 0 aliphatic rings. The van der Waals surface area contributed by atoms with E-state index in [0.29, 0.717) is 6.26 Å². The summed E-state index contributed by atoms with van der Waals surface area (Å²) in [5.74, 6) is -0.217. The molecule has 1 aromatic carbocycles. The number of rotatable bonds is 4.